The quantitative estimate of drug-likeness (QED) is 0.810. The summed E-state index contributed by atoms with van der Waals surface area (Å²) in [5.41, 5.74) is 0.0529. The lowest BCUT2D eigenvalue weighted by atomic mass is 10.2. The van der Waals surface area contributed by atoms with Crippen LogP contribution >= 0.6 is 23.2 Å². The maximum Gasteiger partial charge on any atom is 0.339 e. The largest absolute Gasteiger partial charge is 0.489 e. The minimum atomic E-state index is -1.08. The van der Waals surface area contributed by atoms with Gasteiger partial charge in [-0.05, 0) is 30.3 Å². The molecule has 2 rings (SSSR count). The molecule has 0 saturated carbocycles. The summed E-state index contributed by atoms with van der Waals surface area (Å²) in [7, 11) is 0. The second kappa shape index (κ2) is 7.20. The first-order valence-electron chi connectivity index (χ1n) is 6.11. The van der Waals surface area contributed by atoms with Crippen molar-refractivity contribution in [2.45, 2.75) is 0 Å². The van der Waals surface area contributed by atoms with Crippen LogP contribution in [0.25, 0.3) is 0 Å². The van der Waals surface area contributed by atoms with E-state index >= 15 is 0 Å². The molecular formula is C15H12Cl2O4. The Hall–Kier alpha value is -1.91. The number of carboxylic acids is 1. The smallest absolute Gasteiger partial charge is 0.339 e. The molecule has 0 aliphatic rings. The zero-order valence-corrected chi connectivity index (χ0v) is 12.4. The molecule has 2 aromatic rings. The van der Waals surface area contributed by atoms with Crippen molar-refractivity contribution in [1.82, 2.24) is 0 Å². The van der Waals surface area contributed by atoms with E-state index in [1.54, 1.807) is 18.2 Å². The van der Waals surface area contributed by atoms with Gasteiger partial charge in [0.15, 0.2) is 0 Å². The van der Waals surface area contributed by atoms with Crippen LogP contribution in [0.2, 0.25) is 10.0 Å². The van der Waals surface area contributed by atoms with E-state index in [9.17, 15) is 4.79 Å². The molecule has 0 aliphatic carbocycles. The fraction of sp³-hybridized carbons (Fsp3) is 0.133. The Balaban J connectivity index is 1.93. The molecule has 110 valence electrons. The Morgan fingerprint density at radius 3 is 2.33 bits per heavy atom. The molecule has 0 amide bonds. The van der Waals surface area contributed by atoms with Gasteiger partial charge in [0.25, 0.3) is 0 Å². The molecule has 0 atom stereocenters. The van der Waals surface area contributed by atoms with Crippen molar-refractivity contribution in [3.8, 4) is 11.5 Å². The van der Waals surface area contributed by atoms with Gasteiger partial charge in [-0.15, -0.1) is 0 Å². The second-order valence-electron chi connectivity index (χ2n) is 4.07. The zero-order chi connectivity index (χ0) is 15.2. The molecule has 0 fully saturated rings. The lowest BCUT2D eigenvalue weighted by Gasteiger charge is -2.11. The number of benzene rings is 2. The molecule has 0 radical (unpaired) electrons. The number of hydrogen-bond acceptors (Lipinski definition) is 3. The summed E-state index contributed by atoms with van der Waals surface area (Å²) in [6.45, 7) is 0.404. The minimum Gasteiger partial charge on any atom is -0.489 e. The SMILES string of the molecule is O=C(O)c1ccc(Cl)cc1OCCOc1ccccc1Cl. The first-order chi connectivity index (χ1) is 10.1. The Kier molecular flexibility index (Phi) is 5.31. The molecule has 0 aliphatic heterocycles. The topological polar surface area (TPSA) is 55.8 Å². The molecule has 0 bridgehead atoms. The van der Waals surface area contributed by atoms with Gasteiger partial charge < -0.3 is 14.6 Å². The van der Waals surface area contributed by atoms with Crippen molar-refractivity contribution in [3.63, 3.8) is 0 Å². The van der Waals surface area contributed by atoms with Crippen molar-refractivity contribution in [2.75, 3.05) is 13.2 Å². The van der Waals surface area contributed by atoms with E-state index in [0.717, 1.165) is 0 Å². The summed E-state index contributed by atoms with van der Waals surface area (Å²) < 4.78 is 10.9. The third kappa shape index (κ3) is 4.28. The van der Waals surface area contributed by atoms with Gasteiger partial charge in [0.05, 0.1) is 5.02 Å². The van der Waals surface area contributed by atoms with Crippen molar-refractivity contribution in [1.29, 1.82) is 0 Å². The van der Waals surface area contributed by atoms with Crippen LogP contribution in [-0.4, -0.2) is 24.3 Å². The number of aromatic carboxylic acids is 1. The molecule has 6 heteroatoms. The van der Waals surface area contributed by atoms with Gasteiger partial charge in [-0.25, -0.2) is 4.79 Å². The van der Waals surface area contributed by atoms with Gasteiger partial charge in [-0.3, -0.25) is 0 Å². The molecule has 2 aromatic carbocycles. The predicted octanol–water partition coefficient (Wildman–Crippen LogP) is 4.15. The molecule has 1 N–H and O–H groups in total. The number of carbonyl (C=O) groups is 1. The number of ether oxygens (including phenoxy) is 2. The third-order valence-corrected chi connectivity index (χ3v) is 3.16. The van der Waals surface area contributed by atoms with E-state index in [0.29, 0.717) is 15.8 Å². The van der Waals surface area contributed by atoms with Crippen LogP contribution in [0.4, 0.5) is 0 Å². The molecule has 0 saturated heterocycles. The Bertz CT molecular complexity index is 643. The van der Waals surface area contributed by atoms with Crippen LogP contribution in [0.5, 0.6) is 11.5 Å². The summed E-state index contributed by atoms with van der Waals surface area (Å²) >= 11 is 11.8. The number of hydrogen-bond donors (Lipinski definition) is 1. The van der Waals surface area contributed by atoms with E-state index in [4.69, 9.17) is 37.8 Å². The maximum absolute atomic E-state index is 11.1. The van der Waals surface area contributed by atoms with Crippen LogP contribution in [0.3, 0.4) is 0 Å². The van der Waals surface area contributed by atoms with E-state index in [1.807, 2.05) is 6.07 Å². The third-order valence-electron chi connectivity index (χ3n) is 2.61. The van der Waals surface area contributed by atoms with Crippen LogP contribution in [0.15, 0.2) is 42.5 Å². The Labute approximate surface area is 131 Å². The van der Waals surface area contributed by atoms with Gasteiger partial charge in [0.1, 0.15) is 30.3 Å². The van der Waals surface area contributed by atoms with Crippen LogP contribution in [0, 0.1) is 0 Å². The first kappa shape index (κ1) is 15.5. The number of para-hydroxylation sites is 1. The number of rotatable bonds is 6. The van der Waals surface area contributed by atoms with E-state index in [2.05, 4.69) is 0 Å². The predicted molar refractivity (Wildman–Crippen MR) is 80.9 cm³/mol. The van der Waals surface area contributed by atoms with Gasteiger partial charge in [-0.2, -0.15) is 0 Å². The summed E-state index contributed by atoms with van der Waals surface area (Å²) in [5.74, 6) is -0.321. The Morgan fingerprint density at radius 1 is 1.00 bits per heavy atom. The first-order valence-corrected chi connectivity index (χ1v) is 6.86. The fourth-order valence-electron chi connectivity index (χ4n) is 1.66. The molecule has 0 spiro atoms. The van der Waals surface area contributed by atoms with Crippen LogP contribution in [-0.2, 0) is 0 Å². The van der Waals surface area contributed by atoms with Crippen molar-refractivity contribution in [3.05, 3.63) is 58.1 Å². The minimum absolute atomic E-state index is 0.0529. The van der Waals surface area contributed by atoms with E-state index < -0.39 is 5.97 Å². The molecule has 21 heavy (non-hydrogen) atoms. The highest BCUT2D eigenvalue weighted by molar-refractivity contribution is 6.32. The summed E-state index contributed by atoms with van der Waals surface area (Å²) in [5, 5.41) is 9.97. The Morgan fingerprint density at radius 2 is 1.67 bits per heavy atom. The summed E-state index contributed by atoms with van der Waals surface area (Å²) in [6, 6.07) is 11.4. The van der Waals surface area contributed by atoms with Crippen molar-refractivity contribution in [2.24, 2.45) is 0 Å². The summed E-state index contributed by atoms with van der Waals surface area (Å²) in [4.78, 5) is 11.1. The molecule has 0 aromatic heterocycles. The number of carboxylic acid groups (broad SMARTS) is 1. The van der Waals surface area contributed by atoms with Crippen molar-refractivity contribution >= 4 is 29.2 Å². The zero-order valence-electron chi connectivity index (χ0n) is 10.9. The van der Waals surface area contributed by atoms with Gasteiger partial charge >= 0.3 is 5.97 Å². The van der Waals surface area contributed by atoms with E-state index in [1.165, 1.54) is 18.2 Å². The highest BCUT2D eigenvalue weighted by Gasteiger charge is 2.11. The van der Waals surface area contributed by atoms with Crippen LogP contribution in [0.1, 0.15) is 10.4 Å². The highest BCUT2D eigenvalue weighted by atomic mass is 35.5. The molecule has 4 nitrogen and oxygen atoms in total. The average Bonchev–Trinajstić information content (AvgIpc) is 2.45. The number of halogens is 2. The molecule has 0 unspecified atom stereocenters. The van der Waals surface area contributed by atoms with Crippen LogP contribution < -0.4 is 9.47 Å². The maximum atomic E-state index is 11.1. The fourth-order valence-corrected chi connectivity index (χ4v) is 2.01. The standard InChI is InChI=1S/C15H12Cl2O4/c16-10-5-6-11(15(18)19)14(9-10)21-8-7-20-13-4-2-1-3-12(13)17/h1-6,9H,7-8H2,(H,18,19). The molecule has 0 heterocycles. The summed E-state index contributed by atoms with van der Waals surface area (Å²) in [6.07, 6.45) is 0. The normalized spacial score (nSPS) is 10.2. The lowest BCUT2D eigenvalue weighted by molar-refractivity contribution is 0.0691. The highest BCUT2D eigenvalue weighted by Crippen LogP contribution is 2.25. The van der Waals surface area contributed by atoms with Gasteiger partial charge in [0.2, 0.25) is 0 Å². The lowest BCUT2D eigenvalue weighted by Crippen LogP contribution is -2.11. The monoisotopic (exact) mass is 326 g/mol. The van der Waals surface area contributed by atoms with Gasteiger partial charge in [-0.1, -0.05) is 35.3 Å². The molecular weight excluding hydrogens is 315 g/mol. The second-order valence-corrected chi connectivity index (χ2v) is 4.92. The van der Waals surface area contributed by atoms with E-state index in [-0.39, 0.29) is 24.5 Å². The van der Waals surface area contributed by atoms with Gasteiger partial charge in [0, 0.05) is 5.02 Å². The van der Waals surface area contributed by atoms with Crippen molar-refractivity contribution < 1.29 is 19.4 Å². The average molecular weight is 327 g/mol.